The molecule has 0 saturated heterocycles. The average molecular weight is 264 g/mol. The van der Waals surface area contributed by atoms with E-state index in [-0.39, 0.29) is 12.2 Å². The van der Waals surface area contributed by atoms with Crippen molar-refractivity contribution in [2.45, 2.75) is 25.6 Å². The molecule has 0 unspecified atom stereocenters. The van der Waals surface area contributed by atoms with Crippen molar-refractivity contribution in [3.05, 3.63) is 16.1 Å². The molecule has 1 heterocycles. The highest BCUT2D eigenvalue weighted by Gasteiger charge is 2.16. The number of carboxylic acids is 1. The van der Waals surface area contributed by atoms with E-state index < -0.39 is 21.2 Å². The number of hydrogen-bond acceptors (Lipinski definition) is 5. The Morgan fingerprint density at radius 3 is 2.69 bits per heavy atom. The van der Waals surface area contributed by atoms with Crippen molar-refractivity contribution in [2.75, 3.05) is 0 Å². The Morgan fingerprint density at radius 1 is 1.62 bits per heavy atom. The summed E-state index contributed by atoms with van der Waals surface area (Å²) < 4.78 is 25.1. The van der Waals surface area contributed by atoms with Crippen LogP contribution in [0.4, 0.5) is 0 Å². The molecule has 0 aliphatic rings. The van der Waals surface area contributed by atoms with Gasteiger partial charge in [0, 0.05) is 5.38 Å². The molecule has 6 nitrogen and oxygen atoms in total. The predicted octanol–water partition coefficient (Wildman–Crippen LogP) is 0.669. The summed E-state index contributed by atoms with van der Waals surface area (Å²) in [5, 5.41) is 9.91. The molecule has 0 radical (unpaired) electrons. The third kappa shape index (κ3) is 3.26. The molecule has 1 rings (SSSR count). The van der Waals surface area contributed by atoms with Crippen LogP contribution in [0.15, 0.2) is 5.38 Å². The van der Waals surface area contributed by atoms with Crippen molar-refractivity contribution >= 4 is 27.3 Å². The van der Waals surface area contributed by atoms with Gasteiger partial charge in [-0.05, 0) is 13.8 Å². The number of thiazole rings is 1. The quantitative estimate of drug-likeness (QED) is 0.814. The van der Waals surface area contributed by atoms with Crippen molar-refractivity contribution < 1.29 is 18.3 Å². The van der Waals surface area contributed by atoms with Crippen molar-refractivity contribution in [2.24, 2.45) is 0 Å². The third-order valence-corrected chi connectivity index (χ3v) is 4.45. The molecular weight excluding hydrogens is 252 g/mol. The summed E-state index contributed by atoms with van der Waals surface area (Å²) in [7, 11) is -3.34. The van der Waals surface area contributed by atoms with E-state index in [0.29, 0.717) is 5.01 Å². The lowest BCUT2D eigenvalue weighted by Gasteiger charge is -2.07. The Labute approximate surface area is 97.4 Å². The standard InChI is InChI=1S/C8H12N2O4S2/c1-5(2)16(13,14)9-3-7-10-6(4-15-7)8(11)12/h4-5,9H,3H2,1-2H3,(H,11,12). The number of aromatic carboxylic acids is 1. The monoisotopic (exact) mass is 264 g/mol. The number of nitrogens with zero attached hydrogens (tertiary/aromatic N) is 1. The normalized spacial score (nSPS) is 11.9. The molecular formula is C8H12N2O4S2. The number of hydrogen-bond donors (Lipinski definition) is 2. The van der Waals surface area contributed by atoms with Crippen molar-refractivity contribution in [1.82, 2.24) is 9.71 Å². The fourth-order valence-electron chi connectivity index (χ4n) is 0.819. The second-order valence-corrected chi connectivity index (χ2v) is 6.61. The number of nitrogens with one attached hydrogen (secondary N) is 1. The van der Waals surface area contributed by atoms with E-state index >= 15 is 0 Å². The summed E-state index contributed by atoms with van der Waals surface area (Å²) in [5.41, 5.74) is -0.0660. The van der Waals surface area contributed by atoms with Crippen LogP contribution in [0.1, 0.15) is 29.3 Å². The summed E-state index contributed by atoms with van der Waals surface area (Å²) in [6, 6.07) is 0. The van der Waals surface area contributed by atoms with Crippen LogP contribution in [0.3, 0.4) is 0 Å². The highest BCUT2D eigenvalue weighted by Crippen LogP contribution is 2.10. The third-order valence-electron chi connectivity index (χ3n) is 1.82. The number of aromatic nitrogens is 1. The fraction of sp³-hybridized carbons (Fsp3) is 0.500. The van der Waals surface area contributed by atoms with Crippen molar-refractivity contribution in [3.63, 3.8) is 0 Å². The van der Waals surface area contributed by atoms with Crippen LogP contribution < -0.4 is 4.72 Å². The maximum atomic E-state index is 11.4. The molecule has 0 bridgehead atoms. The molecule has 0 aliphatic heterocycles. The Balaban J connectivity index is 2.65. The van der Waals surface area contributed by atoms with E-state index in [9.17, 15) is 13.2 Å². The maximum absolute atomic E-state index is 11.4. The first-order valence-corrected chi connectivity index (χ1v) is 6.91. The largest absolute Gasteiger partial charge is 0.476 e. The Kier molecular flexibility index (Phi) is 4.00. The summed E-state index contributed by atoms with van der Waals surface area (Å²) in [6.45, 7) is 3.15. The smallest absolute Gasteiger partial charge is 0.355 e. The molecule has 0 aliphatic carbocycles. The van der Waals surface area contributed by atoms with Gasteiger partial charge in [0.15, 0.2) is 5.69 Å². The zero-order chi connectivity index (χ0) is 12.3. The zero-order valence-corrected chi connectivity index (χ0v) is 10.4. The first-order chi connectivity index (χ1) is 7.33. The first kappa shape index (κ1) is 13.1. The molecule has 8 heteroatoms. The number of carboxylic acid groups (broad SMARTS) is 1. The van der Waals surface area contributed by atoms with Crippen LogP contribution in [0.5, 0.6) is 0 Å². The van der Waals surface area contributed by atoms with E-state index in [2.05, 4.69) is 9.71 Å². The Bertz CT molecular complexity index is 478. The van der Waals surface area contributed by atoms with Crippen molar-refractivity contribution in [3.8, 4) is 0 Å². The van der Waals surface area contributed by atoms with Crippen LogP contribution >= 0.6 is 11.3 Å². The summed E-state index contributed by atoms with van der Waals surface area (Å²) >= 11 is 1.11. The van der Waals surface area contributed by atoms with Gasteiger partial charge >= 0.3 is 5.97 Å². The first-order valence-electron chi connectivity index (χ1n) is 4.49. The molecule has 0 saturated carbocycles. The maximum Gasteiger partial charge on any atom is 0.355 e. The van der Waals surface area contributed by atoms with Crippen LogP contribution in [-0.4, -0.2) is 29.7 Å². The lowest BCUT2D eigenvalue weighted by Crippen LogP contribution is -2.30. The van der Waals surface area contributed by atoms with E-state index in [1.165, 1.54) is 5.38 Å². The van der Waals surface area contributed by atoms with E-state index in [0.717, 1.165) is 11.3 Å². The summed E-state index contributed by atoms with van der Waals surface area (Å²) in [4.78, 5) is 14.3. The average Bonchev–Trinajstić information content (AvgIpc) is 2.63. The van der Waals surface area contributed by atoms with Gasteiger partial charge in [0.05, 0.1) is 11.8 Å². The van der Waals surface area contributed by atoms with E-state index in [4.69, 9.17) is 5.11 Å². The number of sulfonamides is 1. The molecule has 1 aromatic heterocycles. The lowest BCUT2D eigenvalue weighted by molar-refractivity contribution is 0.0691. The molecule has 16 heavy (non-hydrogen) atoms. The number of rotatable bonds is 5. The van der Waals surface area contributed by atoms with Gasteiger partial charge in [-0.2, -0.15) is 0 Å². The minimum Gasteiger partial charge on any atom is -0.476 e. The predicted molar refractivity (Wildman–Crippen MR) is 60.0 cm³/mol. The van der Waals surface area contributed by atoms with Gasteiger partial charge in [-0.1, -0.05) is 0 Å². The van der Waals surface area contributed by atoms with Crippen LogP contribution in [-0.2, 0) is 16.6 Å². The van der Waals surface area contributed by atoms with Crippen LogP contribution in [0.25, 0.3) is 0 Å². The molecule has 0 fully saturated rings. The molecule has 0 spiro atoms. The van der Waals surface area contributed by atoms with E-state index in [1.54, 1.807) is 13.8 Å². The van der Waals surface area contributed by atoms with Crippen molar-refractivity contribution in [1.29, 1.82) is 0 Å². The molecule has 0 amide bonds. The molecule has 1 aromatic rings. The topological polar surface area (TPSA) is 96.4 Å². The zero-order valence-electron chi connectivity index (χ0n) is 8.80. The minimum atomic E-state index is -3.34. The van der Waals surface area contributed by atoms with Gasteiger partial charge in [0.1, 0.15) is 5.01 Å². The molecule has 0 aromatic carbocycles. The second kappa shape index (κ2) is 4.89. The summed E-state index contributed by atoms with van der Waals surface area (Å²) in [5.74, 6) is -1.12. The van der Waals surface area contributed by atoms with Gasteiger partial charge in [0.25, 0.3) is 0 Å². The molecule has 90 valence electrons. The highest BCUT2D eigenvalue weighted by molar-refractivity contribution is 7.90. The highest BCUT2D eigenvalue weighted by atomic mass is 32.2. The summed E-state index contributed by atoms with van der Waals surface area (Å²) in [6.07, 6.45) is 0. The van der Waals surface area contributed by atoms with Crippen LogP contribution in [0, 0.1) is 0 Å². The Morgan fingerprint density at radius 2 is 2.25 bits per heavy atom. The Hall–Kier alpha value is -0.990. The lowest BCUT2D eigenvalue weighted by atomic mass is 10.5. The fourth-order valence-corrected chi connectivity index (χ4v) is 2.29. The van der Waals surface area contributed by atoms with E-state index in [1.807, 2.05) is 0 Å². The van der Waals surface area contributed by atoms with Gasteiger partial charge in [-0.3, -0.25) is 0 Å². The molecule has 0 atom stereocenters. The van der Waals surface area contributed by atoms with Gasteiger partial charge in [-0.25, -0.2) is 22.9 Å². The second-order valence-electron chi connectivity index (χ2n) is 3.35. The molecule has 2 N–H and O–H groups in total. The van der Waals surface area contributed by atoms with Gasteiger partial charge in [-0.15, -0.1) is 11.3 Å². The van der Waals surface area contributed by atoms with Gasteiger partial charge in [0.2, 0.25) is 10.0 Å². The SMILES string of the molecule is CC(C)S(=O)(=O)NCc1nc(C(=O)O)cs1. The van der Waals surface area contributed by atoms with Gasteiger partial charge < -0.3 is 5.11 Å². The minimum absolute atomic E-state index is 0.0262. The number of carbonyl (C=O) groups is 1. The van der Waals surface area contributed by atoms with Crippen LogP contribution in [0.2, 0.25) is 0 Å².